The summed E-state index contributed by atoms with van der Waals surface area (Å²) in [6, 6.07) is 4.05. The number of methoxy groups -OCH3 is 3. The fraction of sp³-hybridized carbons (Fsp3) is 0.667. The van der Waals surface area contributed by atoms with Crippen molar-refractivity contribution in [3.05, 3.63) is 17.7 Å². The molecular weight excluding hydrogens is 497 g/mol. The number of hydrogen-bond donors (Lipinski definition) is 1. The molecule has 0 aliphatic carbocycles. The third-order valence-corrected chi connectivity index (χ3v) is 5.33. The van der Waals surface area contributed by atoms with Crippen LogP contribution in [0.5, 0.6) is 17.2 Å². The maximum absolute atomic E-state index is 5.47. The van der Waals surface area contributed by atoms with E-state index >= 15 is 0 Å². The van der Waals surface area contributed by atoms with Gasteiger partial charge in [-0.2, -0.15) is 0 Å². The van der Waals surface area contributed by atoms with Gasteiger partial charge in [0, 0.05) is 52.9 Å². The van der Waals surface area contributed by atoms with E-state index in [1.165, 1.54) is 0 Å². The highest BCUT2D eigenvalue weighted by molar-refractivity contribution is 14.0. The Bertz CT molecular complexity index is 641. The molecule has 2 rings (SSSR count). The SMILES string of the molecule is CCN(C)CCNC(=NC)N1CCN(Cc2cc(OC)c(OC)c(OC)c2)CC1.I. The van der Waals surface area contributed by atoms with Crippen molar-refractivity contribution in [3.63, 3.8) is 0 Å². The molecule has 1 N–H and O–H groups in total. The number of nitrogens with zero attached hydrogens (tertiary/aromatic N) is 4. The van der Waals surface area contributed by atoms with Crippen molar-refractivity contribution in [3.8, 4) is 17.2 Å². The van der Waals surface area contributed by atoms with E-state index in [-0.39, 0.29) is 24.0 Å². The van der Waals surface area contributed by atoms with Gasteiger partial charge in [-0.25, -0.2) is 0 Å². The Kier molecular flexibility index (Phi) is 12.2. The molecule has 1 fully saturated rings. The molecule has 1 saturated heterocycles. The zero-order valence-corrected chi connectivity index (χ0v) is 21.6. The summed E-state index contributed by atoms with van der Waals surface area (Å²) in [6.45, 7) is 9.85. The molecule has 9 heteroatoms. The van der Waals surface area contributed by atoms with Crippen LogP contribution in [0, 0.1) is 0 Å². The van der Waals surface area contributed by atoms with Gasteiger partial charge < -0.3 is 29.3 Å². The number of piperazine rings is 1. The zero-order valence-electron chi connectivity index (χ0n) is 19.2. The van der Waals surface area contributed by atoms with E-state index < -0.39 is 0 Å². The average Bonchev–Trinajstić information content (AvgIpc) is 2.76. The van der Waals surface area contributed by atoms with E-state index in [4.69, 9.17) is 14.2 Å². The maximum atomic E-state index is 5.47. The molecule has 0 radical (unpaired) electrons. The molecule has 1 heterocycles. The topological polar surface area (TPSA) is 61.8 Å². The first kappa shape index (κ1) is 26.6. The van der Waals surface area contributed by atoms with Crippen molar-refractivity contribution in [2.24, 2.45) is 4.99 Å². The Labute approximate surface area is 198 Å². The second kappa shape index (κ2) is 13.8. The molecule has 0 unspecified atom stereocenters. The van der Waals surface area contributed by atoms with Gasteiger partial charge in [0.15, 0.2) is 17.5 Å². The summed E-state index contributed by atoms with van der Waals surface area (Å²) in [5.41, 5.74) is 1.15. The molecule has 1 aromatic rings. The molecule has 0 bridgehead atoms. The number of aliphatic imine (C=N–C) groups is 1. The number of nitrogens with one attached hydrogen (secondary N) is 1. The van der Waals surface area contributed by atoms with Crippen LogP contribution in [0.4, 0.5) is 0 Å². The lowest BCUT2D eigenvalue weighted by Crippen LogP contribution is -2.52. The number of benzene rings is 1. The van der Waals surface area contributed by atoms with Gasteiger partial charge in [0.25, 0.3) is 0 Å². The summed E-state index contributed by atoms with van der Waals surface area (Å²) < 4.78 is 16.4. The fourth-order valence-electron chi connectivity index (χ4n) is 3.45. The molecule has 30 heavy (non-hydrogen) atoms. The lowest BCUT2D eigenvalue weighted by atomic mass is 10.1. The molecule has 8 nitrogen and oxygen atoms in total. The number of guanidine groups is 1. The molecule has 0 spiro atoms. The van der Waals surface area contributed by atoms with Crippen LogP contribution in [0.25, 0.3) is 0 Å². The van der Waals surface area contributed by atoms with E-state index in [1.54, 1.807) is 21.3 Å². The van der Waals surface area contributed by atoms with Crippen LogP contribution in [-0.4, -0.2) is 102 Å². The molecule has 1 aromatic carbocycles. The minimum absolute atomic E-state index is 0. The largest absolute Gasteiger partial charge is 0.493 e. The predicted octanol–water partition coefficient (Wildman–Crippen LogP) is 1.98. The van der Waals surface area contributed by atoms with Gasteiger partial charge in [0.2, 0.25) is 5.75 Å². The molecule has 0 saturated carbocycles. The minimum atomic E-state index is 0. The normalized spacial score (nSPS) is 15.0. The standard InChI is InChI=1S/C21H37N5O3.HI/c1-7-24(3)9-8-23-21(22-2)26-12-10-25(11-13-26)16-17-14-18(27-4)20(29-6)19(15-17)28-5;/h14-15H,7-13,16H2,1-6H3,(H,22,23);1H. The van der Waals surface area contributed by atoms with Crippen LogP contribution >= 0.6 is 24.0 Å². The van der Waals surface area contributed by atoms with Gasteiger partial charge in [0.1, 0.15) is 0 Å². The Morgan fingerprint density at radius 1 is 1.07 bits per heavy atom. The molecule has 172 valence electrons. The van der Waals surface area contributed by atoms with Gasteiger partial charge in [-0.3, -0.25) is 9.89 Å². The van der Waals surface area contributed by atoms with E-state index in [1.807, 2.05) is 19.2 Å². The van der Waals surface area contributed by atoms with Crippen LogP contribution in [-0.2, 0) is 6.54 Å². The number of likely N-dealkylation sites (N-methyl/N-ethyl adjacent to an activating group) is 1. The van der Waals surface area contributed by atoms with Crippen LogP contribution in [0.2, 0.25) is 0 Å². The molecule has 1 aliphatic rings. The van der Waals surface area contributed by atoms with E-state index in [0.29, 0.717) is 17.2 Å². The third kappa shape index (κ3) is 7.35. The first-order chi connectivity index (χ1) is 14.1. The Hall–Kier alpha value is -1.46. The number of halogens is 1. The quantitative estimate of drug-likeness (QED) is 0.295. The van der Waals surface area contributed by atoms with Gasteiger partial charge in [-0.1, -0.05) is 6.92 Å². The Morgan fingerprint density at radius 3 is 2.13 bits per heavy atom. The Morgan fingerprint density at radius 2 is 1.67 bits per heavy atom. The summed E-state index contributed by atoms with van der Waals surface area (Å²) in [6.07, 6.45) is 0. The fourth-order valence-corrected chi connectivity index (χ4v) is 3.45. The summed E-state index contributed by atoms with van der Waals surface area (Å²) in [4.78, 5) is 11.5. The molecule has 0 aromatic heterocycles. The second-order valence-corrected chi connectivity index (χ2v) is 7.17. The van der Waals surface area contributed by atoms with Crippen LogP contribution in [0.3, 0.4) is 0 Å². The lowest BCUT2D eigenvalue weighted by Gasteiger charge is -2.36. The third-order valence-electron chi connectivity index (χ3n) is 5.33. The van der Waals surface area contributed by atoms with Crippen molar-refractivity contribution in [2.75, 3.05) is 81.2 Å². The van der Waals surface area contributed by atoms with Gasteiger partial charge in [-0.15, -0.1) is 24.0 Å². The van der Waals surface area contributed by atoms with Gasteiger partial charge >= 0.3 is 0 Å². The second-order valence-electron chi connectivity index (χ2n) is 7.17. The summed E-state index contributed by atoms with van der Waals surface area (Å²) >= 11 is 0. The predicted molar refractivity (Wildman–Crippen MR) is 133 cm³/mol. The molecule has 0 atom stereocenters. The van der Waals surface area contributed by atoms with E-state index in [9.17, 15) is 0 Å². The number of hydrogen-bond acceptors (Lipinski definition) is 6. The number of ether oxygens (including phenoxy) is 3. The van der Waals surface area contributed by atoms with Gasteiger partial charge in [0.05, 0.1) is 21.3 Å². The average molecular weight is 535 g/mol. The molecular formula is C21H38IN5O3. The van der Waals surface area contributed by atoms with Gasteiger partial charge in [-0.05, 0) is 31.3 Å². The highest BCUT2D eigenvalue weighted by Crippen LogP contribution is 2.38. The van der Waals surface area contributed by atoms with Crippen LogP contribution < -0.4 is 19.5 Å². The number of rotatable bonds is 9. The van der Waals surface area contributed by atoms with Crippen molar-refractivity contribution >= 4 is 29.9 Å². The smallest absolute Gasteiger partial charge is 0.203 e. The summed E-state index contributed by atoms with van der Waals surface area (Å²) in [7, 11) is 8.91. The monoisotopic (exact) mass is 535 g/mol. The van der Waals surface area contributed by atoms with Crippen molar-refractivity contribution in [2.45, 2.75) is 13.5 Å². The molecule has 1 aliphatic heterocycles. The van der Waals surface area contributed by atoms with Crippen LogP contribution in [0.1, 0.15) is 12.5 Å². The van der Waals surface area contributed by atoms with E-state index in [0.717, 1.165) is 63.9 Å². The highest BCUT2D eigenvalue weighted by Gasteiger charge is 2.21. The highest BCUT2D eigenvalue weighted by atomic mass is 127. The first-order valence-corrected chi connectivity index (χ1v) is 10.2. The first-order valence-electron chi connectivity index (χ1n) is 10.2. The van der Waals surface area contributed by atoms with Crippen molar-refractivity contribution in [1.82, 2.24) is 20.0 Å². The summed E-state index contributed by atoms with van der Waals surface area (Å²) in [5.74, 6) is 3.01. The minimum Gasteiger partial charge on any atom is -0.493 e. The Balaban J connectivity index is 0.00000450. The molecule has 0 amide bonds. The van der Waals surface area contributed by atoms with E-state index in [2.05, 4.69) is 39.0 Å². The summed E-state index contributed by atoms with van der Waals surface area (Å²) in [5, 5.41) is 3.48. The van der Waals surface area contributed by atoms with Crippen molar-refractivity contribution in [1.29, 1.82) is 0 Å². The zero-order chi connectivity index (χ0) is 21.2. The lowest BCUT2D eigenvalue weighted by molar-refractivity contribution is 0.172. The maximum Gasteiger partial charge on any atom is 0.203 e. The van der Waals surface area contributed by atoms with Crippen LogP contribution in [0.15, 0.2) is 17.1 Å². The van der Waals surface area contributed by atoms with Crippen molar-refractivity contribution < 1.29 is 14.2 Å².